The number of ether oxygens (including phenoxy) is 2. The fraction of sp³-hybridized carbons (Fsp3) is 0.300. The number of hydrogen-bond donors (Lipinski definition) is 1. The zero-order valence-corrected chi connectivity index (χ0v) is 9.43. The van der Waals surface area contributed by atoms with Crippen LogP contribution in [0.5, 0.6) is 11.5 Å². The van der Waals surface area contributed by atoms with Crippen LogP contribution in [0.25, 0.3) is 0 Å². The van der Waals surface area contributed by atoms with Gasteiger partial charge in [-0.2, -0.15) is 0 Å². The van der Waals surface area contributed by atoms with E-state index in [2.05, 4.69) is 0 Å². The zero-order chi connectivity index (χ0) is 13.0. The SMILES string of the molecule is COc1cc(C(=O)CN)c([N+](=O)[O-])cc1OC. The lowest BCUT2D eigenvalue weighted by Gasteiger charge is -2.09. The molecule has 1 aromatic rings. The van der Waals surface area contributed by atoms with Crippen molar-refractivity contribution in [3.05, 3.63) is 27.8 Å². The van der Waals surface area contributed by atoms with Crippen LogP contribution < -0.4 is 15.2 Å². The normalized spacial score (nSPS) is 9.82. The Bertz CT molecular complexity index is 458. The lowest BCUT2D eigenvalue weighted by Crippen LogP contribution is -2.15. The molecule has 0 saturated carbocycles. The molecule has 1 rings (SSSR count). The van der Waals surface area contributed by atoms with Crippen LogP contribution in [0.1, 0.15) is 10.4 Å². The van der Waals surface area contributed by atoms with Crippen LogP contribution in [0, 0.1) is 10.1 Å². The Morgan fingerprint density at radius 3 is 2.29 bits per heavy atom. The van der Waals surface area contributed by atoms with Gasteiger partial charge < -0.3 is 15.2 Å². The van der Waals surface area contributed by atoms with Crippen LogP contribution in [0.2, 0.25) is 0 Å². The summed E-state index contributed by atoms with van der Waals surface area (Å²) in [7, 11) is 2.73. The Hall–Kier alpha value is -2.15. The topological polar surface area (TPSA) is 105 Å². The second-order valence-corrected chi connectivity index (χ2v) is 3.11. The molecule has 0 fully saturated rings. The van der Waals surface area contributed by atoms with Crippen LogP contribution in [-0.4, -0.2) is 31.5 Å². The molecule has 0 amide bonds. The summed E-state index contributed by atoms with van der Waals surface area (Å²) in [5.74, 6) is -0.0969. The molecule has 2 N–H and O–H groups in total. The number of carbonyl (C=O) groups is 1. The third-order valence-electron chi connectivity index (χ3n) is 2.18. The lowest BCUT2D eigenvalue weighted by atomic mass is 10.1. The van der Waals surface area contributed by atoms with Crippen molar-refractivity contribution >= 4 is 11.5 Å². The minimum atomic E-state index is -0.662. The first-order valence-electron chi connectivity index (χ1n) is 4.68. The van der Waals surface area contributed by atoms with Gasteiger partial charge in [0.05, 0.1) is 31.8 Å². The van der Waals surface area contributed by atoms with E-state index in [1.165, 1.54) is 20.3 Å². The first-order valence-corrected chi connectivity index (χ1v) is 4.68. The average Bonchev–Trinajstić information content (AvgIpc) is 2.35. The first kappa shape index (κ1) is 12.9. The molecule has 7 nitrogen and oxygen atoms in total. The lowest BCUT2D eigenvalue weighted by molar-refractivity contribution is -0.385. The predicted octanol–water partition coefficient (Wildman–Crippen LogP) is 0.753. The molecule has 0 aliphatic carbocycles. The van der Waals surface area contributed by atoms with Gasteiger partial charge in [0.15, 0.2) is 17.3 Å². The highest BCUT2D eigenvalue weighted by molar-refractivity contribution is 6.01. The molecule has 0 heterocycles. The Labute approximate surface area is 97.3 Å². The summed E-state index contributed by atoms with van der Waals surface area (Å²) >= 11 is 0. The molecule has 92 valence electrons. The molecule has 0 aromatic heterocycles. The van der Waals surface area contributed by atoms with Gasteiger partial charge in [0.25, 0.3) is 5.69 Å². The van der Waals surface area contributed by atoms with Gasteiger partial charge in [0.2, 0.25) is 0 Å². The van der Waals surface area contributed by atoms with Crippen LogP contribution in [-0.2, 0) is 0 Å². The van der Waals surface area contributed by atoms with Gasteiger partial charge in [-0.3, -0.25) is 14.9 Å². The molecule has 0 saturated heterocycles. The number of nitrogens with two attached hydrogens (primary N) is 1. The van der Waals surface area contributed by atoms with Crippen molar-refractivity contribution in [2.75, 3.05) is 20.8 Å². The molecule has 0 aliphatic rings. The molecule has 0 bridgehead atoms. The van der Waals surface area contributed by atoms with Crippen molar-refractivity contribution in [3.63, 3.8) is 0 Å². The third kappa shape index (κ3) is 2.51. The van der Waals surface area contributed by atoms with Crippen molar-refractivity contribution in [2.45, 2.75) is 0 Å². The Kier molecular flexibility index (Phi) is 4.00. The van der Waals surface area contributed by atoms with E-state index in [1.807, 2.05) is 0 Å². The van der Waals surface area contributed by atoms with Crippen LogP contribution in [0.4, 0.5) is 5.69 Å². The highest BCUT2D eigenvalue weighted by Crippen LogP contribution is 2.34. The van der Waals surface area contributed by atoms with Gasteiger partial charge >= 0.3 is 0 Å². The molecule has 0 unspecified atom stereocenters. The van der Waals surface area contributed by atoms with E-state index < -0.39 is 10.7 Å². The molecule has 17 heavy (non-hydrogen) atoms. The molecule has 0 spiro atoms. The quantitative estimate of drug-likeness (QED) is 0.462. The minimum Gasteiger partial charge on any atom is -0.493 e. The summed E-state index contributed by atoms with van der Waals surface area (Å²) < 4.78 is 9.89. The van der Waals surface area contributed by atoms with Gasteiger partial charge in [-0.25, -0.2) is 0 Å². The number of rotatable bonds is 5. The zero-order valence-electron chi connectivity index (χ0n) is 9.43. The highest BCUT2D eigenvalue weighted by Gasteiger charge is 2.23. The Morgan fingerprint density at radius 1 is 1.35 bits per heavy atom. The van der Waals surface area contributed by atoms with Crippen molar-refractivity contribution in [1.82, 2.24) is 0 Å². The largest absolute Gasteiger partial charge is 0.493 e. The summed E-state index contributed by atoms with van der Waals surface area (Å²) in [4.78, 5) is 21.6. The van der Waals surface area contributed by atoms with Gasteiger partial charge in [0, 0.05) is 6.07 Å². The van der Waals surface area contributed by atoms with Gasteiger partial charge in [-0.05, 0) is 0 Å². The second-order valence-electron chi connectivity index (χ2n) is 3.11. The molecular formula is C10H12N2O5. The Balaban J connectivity index is 3.45. The summed E-state index contributed by atoms with van der Waals surface area (Å²) in [6.45, 7) is -0.309. The monoisotopic (exact) mass is 240 g/mol. The van der Waals surface area contributed by atoms with Gasteiger partial charge in [-0.1, -0.05) is 0 Å². The highest BCUT2D eigenvalue weighted by atomic mass is 16.6. The second kappa shape index (κ2) is 5.26. The fourth-order valence-electron chi connectivity index (χ4n) is 1.35. The number of nitro groups is 1. The van der Waals surface area contributed by atoms with E-state index in [0.29, 0.717) is 0 Å². The van der Waals surface area contributed by atoms with Crippen LogP contribution in [0.3, 0.4) is 0 Å². The van der Waals surface area contributed by atoms with Gasteiger partial charge in [-0.15, -0.1) is 0 Å². The summed E-state index contributed by atoms with van der Waals surface area (Å²) in [5.41, 5.74) is 4.75. The standard InChI is InChI=1S/C10H12N2O5/c1-16-9-3-6(8(13)5-11)7(12(14)15)4-10(9)17-2/h3-4H,5,11H2,1-2H3. The molecular weight excluding hydrogens is 228 g/mol. The summed E-state index contributed by atoms with van der Waals surface area (Å²) in [6, 6.07) is 2.40. The molecule has 0 atom stereocenters. The van der Waals surface area contributed by atoms with E-state index in [9.17, 15) is 14.9 Å². The number of nitrogens with zero attached hydrogens (tertiary/aromatic N) is 1. The van der Waals surface area contributed by atoms with E-state index in [0.717, 1.165) is 6.07 Å². The molecule has 7 heteroatoms. The third-order valence-corrected chi connectivity index (χ3v) is 2.18. The number of benzene rings is 1. The average molecular weight is 240 g/mol. The van der Waals surface area contributed by atoms with Crippen molar-refractivity contribution in [3.8, 4) is 11.5 Å². The number of ketones is 1. The molecule has 1 aromatic carbocycles. The maximum Gasteiger partial charge on any atom is 0.284 e. The van der Waals surface area contributed by atoms with Gasteiger partial charge in [0.1, 0.15) is 5.56 Å². The first-order chi connectivity index (χ1) is 8.04. The summed E-state index contributed by atoms with van der Waals surface area (Å²) in [6.07, 6.45) is 0. The van der Waals surface area contributed by atoms with Crippen molar-refractivity contribution in [2.24, 2.45) is 5.73 Å². The number of carbonyl (C=O) groups excluding carboxylic acids is 1. The molecule has 0 aliphatic heterocycles. The number of nitro benzene ring substituents is 1. The van der Waals surface area contributed by atoms with Crippen LogP contribution in [0.15, 0.2) is 12.1 Å². The maximum absolute atomic E-state index is 11.5. The fourth-order valence-corrected chi connectivity index (χ4v) is 1.35. The number of Topliss-reactive ketones (excluding diaryl/α,β-unsaturated/α-hetero) is 1. The minimum absolute atomic E-state index is 0.0878. The van der Waals surface area contributed by atoms with E-state index in [-0.39, 0.29) is 29.3 Å². The maximum atomic E-state index is 11.5. The van der Waals surface area contributed by atoms with Crippen molar-refractivity contribution < 1.29 is 19.2 Å². The number of hydrogen-bond acceptors (Lipinski definition) is 6. The predicted molar refractivity (Wildman–Crippen MR) is 59.6 cm³/mol. The van der Waals surface area contributed by atoms with Crippen molar-refractivity contribution in [1.29, 1.82) is 0 Å². The van der Waals surface area contributed by atoms with E-state index >= 15 is 0 Å². The smallest absolute Gasteiger partial charge is 0.284 e. The van der Waals surface area contributed by atoms with E-state index in [4.69, 9.17) is 15.2 Å². The molecule has 0 radical (unpaired) electrons. The van der Waals surface area contributed by atoms with Crippen LogP contribution >= 0.6 is 0 Å². The Morgan fingerprint density at radius 2 is 1.88 bits per heavy atom. The summed E-state index contributed by atoms with van der Waals surface area (Å²) in [5, 5.41) is 10.8. The van der Waals surface area contributed by atoms with E-state index in [1.54, 1.807) is 0 Å². The number of methoxy groups -OCH3 is 2.